The lowest BCUT2D eigenvalue weighted by Crippen LogP contribution is -2.12. The van der Waals surface area contributed by atoms with Crippen LogP contribution in [0.2, 0.25) is 0 Å². The molecule has 2 aromatic carbocycles. The Morgan fingerprint density at radius 3 is 2.33 bits per heavy atom. The molecule has 2 aromatic rings. The van der Waals surface area contributed by atoms with Gasteiger partial charge in [-0.15, -0.1) is 0 Å². The Morgan fingerprint density at radius 2 is 1.72 bits per heavy atom. The van der Waals surface area contributed by atoms with Gasteiger partial charge in [0, 0.05) is 11.3 Å². The summed E-state index contributed by atoms with van der Waals surface area (Å²) in [7, 11) is 0. The van der Waals surface area contributed by atoms with Crippen molar-refractivity contribution < 1.29 is 13.6 Å². The maximum absolute atomic E-state index is 13.2. The van der Waals surface area contributed by atoms with Crippen LogP contribution in [0.5, 0.6) is 0 Å². The first kappa shape index (κ1) is 12.0. The molecule has 0 saturated heterocycles. The normalized spacial score (nSPS) is 10.1. The number of halogens is 2. The Bertz CT molecular complexity index is 582. The van der Waals surface area contributed by atoms with Crippen LogP contribution in [0.15, 0.2) is 42.5 Å². The van der Waals surface area contributed by atoms with E-state index in [4.69, 9.17) is 5.73 Å². The highest BCUT2D eigenvalue weighted by atomic mass is 19.1. The quantitative estimate of drug-likeness (QED) is 0.803. The monoisotopic (exact) mass is 248 g/mol. The molecular weight excluding hydrogens is 238 g/mol. The van der Waals surface area contributed by atoms with E-state index < -0.39 is 17.5 Å². The van der Waals surface area contributed by atoms with Crippen molar-refractivity contribution in [3.8, 4) is 0 Å². The van der Waals surface area contributed by atoms with E-state index in [0.29, 0.717) is 5.69 Å². The Kier molecular flexibility index (Phi) is 3.23. The molecule has 0 heterocycles. The van der Waals surface area contributed by atoms with Crippen molar-refractivity contribution in [2.75, 3.05) is 11.1 Å². The predicted molar refractivity (Wildman–Crippen MR) is 65.2 cm³/mol. The van der Waals surface area contributed by atoms with E-state index >= 15 is 0 Å². The zero-order valence-corrected chi connectivity index (χ0v) is 9.28. The van der Waals surface area contributed by atoms with Crippen molar-refractivity contribution in [3.05, 3.63) is 59.7 Å². The number of amides is 1. The molecule has 1 amide bonds. The molecule has 0 aliphatic heterocycles. The second-order valence-electron chi connectivity index (χ2n) is 3.70. The van der Waals surface area contributed by atoms with Gasteiger partial charge in [-0.1, -0.05) is 0 Å². The smallest absolute Gasteiger partial charge is 0.255 e. The number of nitrogens with one attached hydrogen (secondary N) is 1. The summed E-state index contributed by atoms with van der Waals surface area (Å²) in [6.45, 7) is 0. The number of hydrogen-bond acceptors (Lipinski definition) is 2. The van der Waals surface area contributed by atoms with Gasteiger partial charge in [-0.25, -0.2) is 8.78 Å². The first-order chi connectivity index (χ1) is 8.56. The van der Waals surface area contributed by atoms with Crippen LogP contribution in [0.1, 0.15) is 10.4 Å². The minimum Gasteiger partial charge on any atom is -0.396 e. The molecule has 2 rings (SSSR count). The first-order valence-electron chi connectivity index (χ1n) is 5.18. The minimum atomic E-state index is -0.651. The topological polar surface area (TPSA) is 55.1 Å². The van der Waals surface area contributed by atoms with Gasteiger partial charge in [-0.2, -0.15) is 0 Å². The van der Waals surface area contributed by atoms with Crippen LogP contribution in [0.3, 0.4) is 0 Å². The van der Waals surface area contributed by atoms with Crippen molar-refractivity contribution in [3.63, 3.8) is 0 Å². The van der Waals surface area contributed by atoms with E-state index in [-0.39, 0.29) is 11.3 Å². The fraction of sp³-hybridized carbons (Fsp3) is 0. The average molecular weight is 248 g/mol. The molecule has 0 bridgehead atoms. The molecule has 92 valence electrons. The summed E-state index contributed by atoms with van der Waals surface area (Å²) in [5, 5.41) is 2.52. The van der Waals surface area contributed by atoms with Crippen LogP contribution in [-0.2, 0) is 0 Å². The number of rotatable bonds is 2. The van der Waals surface area contributed by atoms with Gasteiger partial charge in [0.15, 0.2) is 0 Å². The molecule has 3 nitrogen and oxygen atoms in total. The first-order valence-corrected chi connectivity index (χ1v) is 5.18. The molecule has 0 saturated carbocycles. The third-order valence-corrected chi connectivity index (χ3v) is 2.36. The SMILES string of the molecule is Nc1ccc(C(=O)Nc2ccc(F)cc2)cc1F. The number of anilines is 2. The molecule has 18 heavy (non-hydrogen) atoms. The highest BCUT2D eigenvalue weighted by Crippen LogP contribution is 2.14. The van der Waals surface area contributed by atoms with Gasteiger partial charge in [0.05, 0.1) is 5.69 Å². The van der Waals surface area contributed by atoms with Crippen molar-refractivity contribution in [2.45, 2.75) is 0 Å². The lowest BCUT2D eigenvalue weighted by molar-refractivity contribution is 0.102. The number of carbonyl (C=O) groups is 1. The highest BCUT2D eigenvalue weighted by molar-refractivity contribution is 6.04. The molecule has 0 aliphatic rings. The van der Waals surface area contributed by atoms with Gasteiger partial charge >= 0.3 is 0 Å². The molecule has 0 fully saturated rings. The van der Waals surface area contributed by atoms with Gasteiger partial charge in [0.1, 0.15) is 11.6 Å². The van der Waals surface area contributed by atoms with Gasteiger partial charge in [-0.05, 0) is 42.5 Å². The molecule has 0 aliphatic carbocycles. The highest BCUT2D eigenvalue weighted by Gasteiger charge is 2.08. The maximum Gasteiger partial charge on any atom is 0.255 e. The summed E-state index contributed by atoms with van der Waals surface area (Å²) >= 11 is 0. The molecule has 0 unspecified atom stereocenters. The van der Waals surface area contributed by atoms with Crippen LogP contribution in [-0.4, -0.2) is 5.91 Å². The van der Waals surface area contributed by atoms with Crippen molar-refractivity contribution in [1.82, 2.24) is 0 Å². The Hall–Kier alpha value is -2.43. The third kappa shape index (κ3) is 2.63. The molecule has 3 N–H and O–H groups in total. The minimum absolute atomic E-state index is 0.0201. The van der Waals surface area contributed by atoms with Crippen LogP contribution >= 0.6 is 0 Å². The summed E-state index contributed by atoms with van der Waals surface area (Å²) in [4.78, 5) is 11.8. The number of nitrogen functional groups attached to an aromatic ring is 1. The van der Waals surface area contributed by atoms with E-state index in [1.807, 2.05) is 0 Å². The summed E-state index contributed by atoms with van der Waals surface area (Å²) in [5.41, 5.74) is 5.86. The predicted octanol–water partition coefficient (Wildman–Crippen LogP) is 2.80. The van der Waals surface area contributed by atoms with Crippen LogP contribution in [0.4, 0.5) is 20.2 Å². The molecule has 0 aromatic heterocycles. The van der Waals surface area contributed by atoms with Crippen LogP contribution in [0.25, 0.3) is 0 Å². The second-order valence-corrected chi connectivity index (χ2v) is 3.70. The molecule has 0 spiro atoms. The molecule has 5 heteroatoms. The van der Waals surface area contributed by atoms with E-state index in [0.717, 1.165) is 6.07 Å². The van der Waals surface area contributed by atoms with Gasteiger partial charge < -0.3 is 11.1 Å². The fourth-order valence-corrected chi connectivity index (χ4v) is 1.40. The molecule has 0 radical (unpaired) electrons. The summed E-state index contributed by atoms with van der Waals surface area (Å²) in [6.07, 6.45) is 0. The lowest BCUT2D eigenvalue weighted by Gasteiger charge is -2.06. The number of hydrogen-bond donors (Lipinski definition) is 2. The van der Waals surface area contributed by atoms with Crippen LogP contribution < -0.4 is 11.1 Å². The van der Waals surface area contributed by atoms with Gasteiger partial charge in [-0.3, -0.25) is 4.79 Å². The zero-order valence-electron chi connectivity index (χ0n) is 9.28. The third-order valence-electron chi connectivity index (χ3n) is 2.36. The molecule has 0 atom stereocenters. The van der Waals surface area contributed by atoms with Crippen molar-refractivity contribution in [1.29, 1.82) is 0 Å². The van der Waals surface area contributed by atoms with E-state index in [2.05, 4.69) is 5.32 Å². The summed E-state index contributed by atoms with van der Waals surface area (Å²) in [5.74, 6) is -1.53. The average Bonchev–Trinajstić information content (AvgIpc) is 2.35. The largest absolute Gasteiger partial charge is 0.396 e. The molecular formula is C13H10F2N2O. The zero-order chi connectivity index (χ0) is 13.1. The van der Waals surface area contributed by atoms with E-state index in [1.165, 1.54) is 36.4 Å². The van der Waals surface area contributed by atoms with E-state index in [1.54, 1.807) is 0 Å². The Balaban J connectivity index is 2.16. The van der Waals surface area contributed by atoms with Crippen LogP contribution in [0, 0.1) is 11.6 Å². The maximum atomic E-state index is 13.2. The number of nitrogens with two attached hydrogens (primary N) is 1. The Labute approximate surface area is 102 Å². The second kappa shape index (κ2) is 4.83. The standard InChI is InChI=1S/C13H10F2N2O/c14-9-2-4-10(5-3-9)17-13(18)8-1-6-12(16)11(15)7-8/h1-7H,16H2,(H,17,18). The van der Waals surface area contributed by atoms with E-state index in [9.17, 15) is 13.6 Å². The summed E-state index contributed by atoms with van der Waals surface area (Å²) in [6, 6.07) is 9.06. The van der Waals surface area contributed by atoms with Gasteiger partial charge in [0.2, 0.25) is 0 Å². The van der Waals surface area contributed by atoms with Gasteiger partial charge in [0.25, 0.3) is 5.91 Å². The van der Waals surface area contributed by atoms with Crippen molar-refractivity contribution in [2.24, 2.45) is 0 Å². The number of benzene rings is 2. The summed E-state index contributed by atoms with van der Waals surface area (Å²) < 4.78 is 25.8. The van der Waals surface area contributed by atoms with Crippen molar-refractivity contribution >= 4 is 17.3 Å². The lowest BCUT2D eigenvalue weighted by atomic mass is 10.2. The number of carbonyl (C=O) groups excluding carboxylic acids is 1. The Morgan fingerprint density at radius 1 is 1.06 bits per heavy atom. The fourth-order valence-electron chi connectivity index (χ4n) is 1.40.